The summed E-state index contributed by atoms with van der Waals surface area (Å²) >= 11 is 0. The SMILES string of the molecule is C=C(C)c1cc(C(C)(C)OC(C)C(O)(C(F)(F)F)C(F)(F)F)cc2ccccc12. The molecule has 1 atom stereocenters. The fraction of sp³-hybridized carbons (Fsp3) is 0.429. The third-order valence-corrected chi connectivity index (χ3v) is 4.94. The van der Waals surface area contributed by atoms with Gasteiger partial charge in [0, 0.05) is 0 Å². The maximum Gasteiger partial charge on any atom is 0.428 e. The lowest BCUT2D eigenvalue weighted by molar-refractivity contribution is -0.398. The van der Waals surface area contributed by atoms with Crippen molar-refractivity contribution in [1.29, 1.82) is 0 Å². The summed E-state index contributed by atoms with van der Waals surface area (Å²) in [5.74, 6) is 0. The van der Waals surface area contributed by atoms with Crippen LogP contribution in [-0.4, -0.2) is 29.2 Å². The van der Waals surface area contributed by atoms with Gasteiger partial charge < -0.3 is 9.84 Å². The van der Waals surface area contributed by atoms with Gasteiger partial charge in [-0.25, -0.2) is 0 Å². The fourth-order valence-corrected chi connectivity index (χ4v) is 3.23. The van der Waals surface area contributed by atoms with Crippen molar-refractivity contribution in [2.75, 3.05) is 0 Å². The summed E-state index contributed by atoms with van der Waals surface area (Å²) < 4.78 is 84.1. The molecule has 2 rings (SSSR count). The Hall–Kier alpha value is -2.06. The first-order valence-corrected chi connectivity index (χ1v) is 8.75. The molecule has 1 unspecified atom stereocenters. The molecule has 0 saturated heterocycles. The standard InChI is InChI=1S/C21H22F6O2/c1-12(2)17-11-15(10-14-8-6-7-9-16(14)17)18(4,5)29-13(3)19(28,20(22,23)24)21(25,26)27/h6-11,13,28H,1H2,2-5H3. The monoisotopic (exact) mass is 420 g/mol. The van der Waals surface area contributed by atoms with Crippen LogP contribution in [0.2, 0.25) is 0 Å². The molecule has 0 spiro atoms. The van der Waals surface area contributed by atoms with Crippen molar-refractivity contribution in [3.8, 4) is 0 Å². The van der Waals surface area contributed by atoms with Crippen molar-refractivity contribution in [1.82, 2.24) is 0 Å². The lowest BCUT2D eigenvalue weighted by Gasteiger charge is -2.40. The molecule has 2 aromatic carbocycles. The topological polar surface area (TPSA) is 29.5 Å². The van der Waals surface area contributed by atoms with Crippen molar-refractivity contribution in [3.63, 3.8) is 0 Å². The lowest BCUT2D eigenvalue weighted by atomic mass is 9.89. The van der Waals surface area contributed by atoms with E-state index in [0.29, 0.717) is 23.6 Å². The second-order valence-electron chi connectivity index (χ2n) is 7.56. The highest BCUT2D eigenvalue weighted by molar-refractivity contribution is 5.93. The molecule has 160 valence electrons. The van der Waals surface area contributed by atoms with Gasteiger partial charge in [-0.15, -0.1) is 0 Å². The van der Waals surface area contributed by atoms with Crippen LogP contribution in [0.15, 0.2) is 43.0 Å². The van der Waals surface area contributed by atoms with Gasteiger partial charge in [0.15, 0.2) is 0 Å². The highest BCUT2D eigenvalue weighted by Crippen LogP contribution is 2.47. The number of rotatable bonds is 5. The third kappa shape index (κ3) is 4.14. The van der Waals surface area contributed by atoms with E-state index in [1.165, 1.54) is 13.8 Å². The van der Waals surface area contributed by atoms with Gasteiger partial charge in [-0.1, -0.05) is 36.4 Å². The Morgan fingerprint density at radius 2 is 1.52 bits per heavy atom. The molecule has 2 aromatic rings. The molecule has 0 radical (unpaired) electrons. The van der Waals surface area contributed by atoms with Crippen LogP contribution < -0.4 is 0 Å². The largest absolute Gasteiger partial charge is 0.428 e. The molecule has 0 heterocycles. The number of ether oxygens (including phenoxy) is 1. The number of alkyl halides is 6. The van der Waals surface area contributed by atoms with Gasteiger partial charge in [-0.2, -0.15) is 26.3 Å². The Morgan fingerprint density at radius 3 is 2.00 bits per heavy atom. The summed E-state index contributed by atoms with van der Waals surface area (Å²) in [6.07, 6.45) is -14.5. The molecule has 8 heteroatoms. The van der Waals surface area contributed by atoms with E-state index in [-0.39, 0.29) is 0 Å². The molecule has 0 fully saturated rings. The van der Waals surface area contributed by atoms with Crippen LogP contribution in [0, 0.1) is 0 Å². The molecular weight excluding hydrogens is 398 g/mol. The Balaban J connectivity index is 2.54. The van der Waals surface area contributed by atoms with E-state index in [2.05, 4.69) is 6.58 Å². The molecule has 0 aliphatic carbocycles. The van der Waals surface area contributed by atoms with E-state index in [1.54, 1.807) is 31.2 Å². The molecule has 29 heavy (non-hydrogen) atoms. The van der Waals surface area contributed by atoms with Crippen LogP contribution in [-0.2, 0) is 10.3 Å². The summed E-state index contributed by atoms with van der Waals surface area (Å²) in [4.78, 5) is 0. The van der Waals surface area contributed by atoms with E-state index in [4.69, 9.17) is 4.74 Å². The second-order valence-corrected chi connectivity index (χ2v) is 7.56. The predicted molar refractivity (Wildman–Crippen MR) is 99.3 cm³/mol. The Bertz CT molecular complexity index is 898. The molecule has 0 saturated carbocycles. The minimum absolute atomic E-state index is 0.354. The van der Waals surface area contributed by atoms with Crippen molar-refractivity contribution in [2.45, 2.75) is 57.4 Å². The van der Waals surface area contributed by atoms with Crippen LogP contribution in [0.4, 0.5) is 26.3 Å². The van der Waals surface area contributed by atoms with Crippen molar-refractivity contribution >= 4 is 16.3 Å². The van der Waals surface area contributed by atoms with E-state index in [0.717, 1.165) is 10.8 Å². The first-order valence-electron chi connectivity index (χ1n) is 8.75. The summed E-state index contributed by atoms with van der Waals surface area (Å²) in [5.41, 5.74) is -4.85. The molecule has 0 bridgehead atoms. The number of hydrogen-bond donors (Lipinski definition) is 1. The molecule has 0 amide bonds. The second kappa shape index (κ2) is 7.32. The Kier molecular flexibility index (Phi) is 5.86. The zero-order valence-corrected chi connectivity index (χ0v) is 16.4. The van der Waals surface area contributed by atoms with Gasteiger partial charge in [0.05, 0.1) is 5.60 Å². The summed E-state index contributed by atoms with van der Waals surface area (Å²) in [6, 6.07) is 10.4. The maximum atomic E-state index is 13.1. The van der Waals surface area contributed by atoms with Gasteiger partial charge in [0.1, 0.15) is 6.10 Å². The van der Waals surface area contributed by atoms with Crippen LogP contribution in [0.1, 0.15) is 38.8 Å². The quantitative estimate of drug-likeness (QED) is 0.570. The zero-order valence-electron chi connectivity index (χ0n) is 16.4. The van der Waals surface area contributed by atoms with E-state index in [1.807, 2.05) is 12.1 Å². The Labute approximate surface area is 164 Å². The zero-order chi connectivity index (χ0) is 22.4. The molecule has 1 N–H and O–H groups in total. The number of aliphatic hydroxyl groups is 1. The summed E-state index contributed by atoms with van der Waals surface area (Å²) in [7, 11) is 0. The minimum atomic E-state index is -5.97. The van der Waals surface area contributed by atoms with Crippen molar-refractivity contribution < 1.29 is 36.2 Å². The predicted octanol–water partition coefficient (Wildman–Crippen LogP) is 6.37. The van der Waals surface area contributed by atoms with Gasteiger partial charge >= 0.3 is 12.4 Å². The summed E-state index contributed by atoms with van der Waals surface area (Å²) in [5, 5.41) is 11.2. The maximum absolute atomic E-state index is 13.1. The first kappa shape index (κ1) is 23.2. The van der Waals surface area contributed by atoms with E-state index >= 15 is 0 Å². The molecule has 0 aromatic heterocycles. The van der Waals surface area contributed by atoms with Crippen LogP contribution in [0.25, 0.3) is 16.3 Å². The number of allylic oxidation sites excluding steroid dienone is 1. The lowest BCUT2D eigenvalue weighted by Crippen LogP contribution is -2.64. The normalized spacial score (nSPS) is 14.9. The van der Waals surface area contributed by atoms with Crippen LogP contribution >= 0.6 is 0 Å². The number of fused-ring (bicyclic) bond motifs is 1. The Morgan fingerprint density at radius 1 is 1.00 bits per heavy atom. The minimum Gasteiger partial charge on any atom is -0.372 e. The average Bonchev–Trinajstić information content (AvgIpc) is 2.57. The molecular formula is C21H22F6O2. The van der Waals surface area contributed by atoms with Gasteiger partial charge in [-0.3, -0.25) is 0 Å². The third-order valence-electron chi connectivity index (χ3n) is 4.94. The molecule has 0 aliphatic rings. The molecule has 2 nitrogen and oxygen atoms in total. The summed E-state index contributed by atoms with van der Waals surface area (Å²) in [6.45, 7) is 8.89. The highest BCUT2D eigenvalue weighted by atomic mass is 19.4. The number of halogens is 6. The van der Waals surface area contributed by atoms with Crippen molar-refractivity contribution in [3.05, 3.63) is 54.1 Å². The van der Waals surface area contributed by atoms with E-state index < -0.39 is 29.7 Å². The first-order chi connectivity index (χ1) is 13.0. The number of hydrogen-bond acceptors (Lipinski definition) is 2. The van der Waals surface area contributed by atoms with Gasteiger partial charge in [-0.05, 0) is 61.7 Å². The fourth-order valence-electron chi connectivity index (χ4n) is 3.23. The van der Waals surface area contributed by atoms with Gasteiger partial charge in [0.25, 0.3) is 5.60 Å². The van der Waals surface area contributed by atoms with E-state index in [9.17, 15) is 31.4 Å². The molecule has 0 aliphatic heterocycles. The van der Waals surface area contributed by atoms with Crippen molar-refractivity contribution in [2.24, 2.45) is 0 Å². The average molecular weight is 420 g/mol. The smallest absolute Gasteiger partial charge is 0.372 e. The van der Waals surface area contributed by atoms with Gasteiger partial charge in [0.2, 0.25) is 0 Å². The number of benzene rings is 2. The highest BCUT2D eigenvalue weighted by Gasteiger charge is 2.74. The van der Waals surface area contributed by atoms with Crippen LogP contribution in [0.3, 0.4) is 0 Å². The van der Waals surface area contributed by atoms with Crippen LogP contribution in [0.5, 0.6) is 0 Å².